The fourth-order valence-corrected chi connectivity index (χ4v) is 3.34. The number of hydrogen-bond donors (Lipinski definition) is 1. The Bertz CT molecular complexity index is 1120. The lowest BCUT2D eigenvalue weighted by Crippen LogP contribution is -2.19. The van der Waals surface area contributed by atoms with Gasteiger partial charge in [-0.25, -0.2) is 9.37 Å². The molecule has 168 valence electrons. The largest absolute Gasteiger partial charge is 0.418 e. The first kappa shape index (κ1) is 22.9. The second-order valence-electron chi connectivity index (χ2n) is 8.60. The minimum absolute atomic E-state index is 0.0453. The van der Waals surface area contributed by atoms with Crippen LogP contribution >= 0.6 is 0 Å². The highest BCUT2D eigenvalue weighted by atomic mass is 19.4. The van der Waals surface area contributed by atoms with E-state index in [1.807, 2.05) is 20.8 Å². The van der Waals surface area contributed by atoms with E-state index in [0.717, 1.165) is 18.9 Å². The van der Waals surface area contributed by atoms with Crippen LogP contribution in [0.4, 0.5) is 23.4 Å². The Morgan fingerprint density at radius 1 is 1.10 bits per heavy atom. The van der Waals surface area contributed by atoms with Crippen LogP contribution in [0.15, 0.2) is 12.1 Å². The molecule has 2 aromatic heterocycles. The summed E-state index contributed by atoms with van der Waals surface area (Å²) < 4.78 is 55.8. The van der Waals surface area contributed by atoms with E-state index < -0.39 is 17.6 Å². The van der Waals surface area contributed by atoms with Gasteiger partial charge in [0.05, 0.1) is 11.1 Å². The highest BCUT2D eigenvalue weighted by Gasteiger charge is 2.35. The normalized spacial score (nSPS) is 12.6. The first-order valence-electron chi connectivity index (χ1n) is 10.1. The van der Waals surface area contributed by atoms with Gasteiger partial charge in [-0.2, -0.15) is 13.2 Å². The molecule has 2 heterocycles. The summed E-state index contributed by atoms with van der Waals surface area (Å²) in [6, 6.07) is 1.44. The number of carbonyl (C=O) groups is 1. The van der Waals surface area contributed by atoms with E-state index in [0.29, 0.717) is 31.3 Å². The number of hydrogen-bond acceptors (Lipinski definition) is 5. The number of fused-ring (bicyclic) bond motifs is 3. The van der Waals surface area contributed by atoms with Gasteiger partial charge in [-0.1, -0.05) is 27.2 Å². The molecule has 0 radical (unpaired) electrons. The number of halogens is 4. The van der Waals surface area contributed by atoms with Gasteiger partial charge in [0.1, 0.15) is 22.9 Å². The second kappa shape index (κ2) is 8.39. The van der Waals surface area contributed by atoms with Gasteiger partial charge in [-0.05, 0) is 25.8 Å². The van der Waals surface area contributed by atoms with E-state index in [2.05, 4.69) is 20.5 Å². The molecule has 0 spiro atoms. The van der Waals surface area contributed by atoms with E-state index in [9.17, 15) is 22.4 Å². The van der Waals surface area contributed by atoms with Crippen molar-refractivity contribution in [2.45, 2.75) is 59.6 Å². The average molecular weight is 439 g/mol. The van der Waals surface area contributed by atoms with Crippen molar-refractivity contribution >= 4 is 28.3 Å². The Kier molecular flexibility index (Phi) is 6.20. The highest BCUT2D eigenvalue weighted by molar-refractivity contribution is 5.86. The quantitative estimate of drug-likeness (QED) is 0.398. The molecule has 0 bridgehead atoms. The molecule has 0 unspecified atom stereocenters. The van der Waals surface area contributed by atoms with Crippen molar-refractivity contribution in [3.8, 4) is 0 Å². The molecule has 0 aliphatic carbocycles. The van der Waals surface area contributed by atoms with Crippen molar-refractivity contribution in [2.75, 3.05) is 11.9 Å². The van der Waals surface area contributed by atoms with Crippen LogP contribution in [0.5, 0.6) is 0 Å². The average Bonchev–Trinajstić information content (AvgIpc) is 3.04. The minimum Gasteiger partial charge on any atom is -0.367 e. The highest BCUT2D eigenvalue weighted by Crippen LogP contribution is 2.36. The molecule has 0 saturated carbocycles. The lowest BCUT2D eigenvalue weighted by Gasteiger charge is -2.16. The molecule has 0 amide bonds. The molecule has 0 atom stereocenters. The standard InChI is InChI=1S/C21H25F4N5O/c1-12-28-29-19-18(26-9-7-5-6-8-16(31)20(2,3)4)27-17-14(21(23,24)25)10-13(22)11-15(17)30(12)19/h10-11H,5-9H2,1-4H3,(H,26,27). The van der Waals surface area contributed by atoms with Gasteiger partial charge in [-0.3, -0.25) is 9.20 Å². The van der Waals surface area contributed by atoms with Crippen LogP contribution in [0.1, 0.15) is 57.8 Å². The number of Topliss-reactive ketones (excluding diaryl/α,β-unsaturated/α-hetero) is 1. The Balaban J connectivity index is 1.82. The maximum absolute atomic E-state index is 13.9. The number of anilines is 1. The number of ketones is 1. The van der Waals surface area contributed by atoms with E-state index in [4.69, 9.17) is 0 Å². The van der Waals surface area contributed by atoms with Gasteiger partial charge in [0.15, 0.2) is 5.82 Å². The first-order chi connectivity index (χ1) is 14.4. The lowest BCUT2D eigenvalue weighted by molar-refractivity contribution is -0.136. The van der Waals surface area contributed by atoms with Gasteiger partial charge >= 0.3 is 6.18 Å². The van der Waals surface area contributed by atoms with Crippen molar-refractivity contribution in [1.82, 2.24) is 19.6 Å². The molecular weight excluding hydrogens is 414 g/mol. The zero-order chi connectivity index (χ0) is 23.0. The molecule has 6 nitrogen and oxygen atoms in total. The summed E-state index contributed by atoms with van der Waals surface area (Å²) in [7, 11) is 0. The monoisotopic (exact) mass is 439 g/mol. The summed E-state index contributed by atoms with van der Waals surface area (Å²) in [6.07, 6.45) is -2.05. The van der Waals surface area contributed by atoms with Gasteiger partial charge in [0, 0.05) is 24.4 Å². The van der Waals surface area contributed by atoms with Crippen LogP contribution in [0.2, 0.25) is 0 Å². The Labute approximate surface area is 177 Å². The molecule has 0 fully saturated rings. The van der Waals surface area contributed by atoms with E-state index in [-0.39, 0.29) is 33.7 Å². The number of benzene rings is 1. The number of rotatable bonds is 7. The topological polar surface area (TPSA) is 72.2 Å². The fourth-order valence-electron chi connectivity index (χ4n) is 3.34. The number of aryl methyl sites for hydroxylation is 1. The van der Waals surface area contributed by atoms with E-state index >= 15 is 0 Å². The molecular formula is C21H25F4N5O. The molecule has 1 N–H and O–H groups in total. The lowest BCUT2D eigenvalue weighted by atomic mass is 9.88. The summed E-state index contributed by atoms with van der Waals surface area (Å²) in [5.41, 5.74) is -1.70. The van der Waals surface area contributed by atoms with Gasteiger partial charge in [0.25, 0.3) is 0 Å². The van der Waals surface area contributed by atoms with Crippen molar-refractivity contribution in [3.63, 3.8) is 0 Å². The minimum atomic E-state index is -4.76. The number of alkyl halides is 3. The number of aromatic nitrogens is 4. The van der Waals surface area contributed by atoms with Gasteiger partial charge < -0.3 is 5.32 Å². The van der Waals surface area contributed by atoms with Crippen LogP contribution in [0, 0.1) is 18.2 Å². The molecule has 0 aliphatic heterocycles. The molecule has 0 saturated heterocycles. The molecule has 31 heavy (non-hydrogen) atoms. The molecule has 3 rings (SSSR count). The van der Waals surface area contributed by atoms with Crippen molar-refractivity contribution < 1.29 is 22.4 Å². The predicted molar refractivity (Wildman–Crippen MR) is 109 cm³/mol. The van der Waals surface area contributed by atoms with Crippen LogP contribution in [-0.2, 0) is 11.0 Å². The van der Waals surface area contributed by atoms with Crippen LogP contribution in [0.3, 0.4) is 0 Å². The van der Waals surface area contributed by atoms with Crippen molar-refractivity contribution in [2.24, 2.45) is 5.41 Å². The predicted octanol–water partition coefficient (Wildman–Crippen LogP) is 5.33. The third-order valence-corrected chi connectivity index (χ3v) is 5.07. The van der Waals surface area contributed by atoms with Crippen LogP contribution in [-0.4, -0.2) is 31.9 Å². The van der Waals surface area contributed by atoms with E-state index in [1.165, 1.54) is 4.40 Å². The maximum atomic E-state index is 13.9. The zero-order valence-electron chi connectivity index (χ0n) is 17.9. The SMILES string of the molecule is Cc1nnc2c(NCCCCCC(=O)C(C)(C)C)nc3c(C(F)(F)F)cc(F)cc3n12. The molecule has 1 aromatic carbocycles. The maximum Gasteiger partial charge on any atom is 0.418 e. The third kappa shape index (κ3) is 4.94. The summed E-state index contributed by atoms with van der Waals surface area (Å²) >= 11 is 0. The third-order valence-electron chi connectivity index (χ3n) is 5.07. The number of nitrogens with one attached hydrogen (secondary N) is 1. The number of nitrogens with zero attached hydrogens (tertiary/aromatic N) is 4. The van der Waals surface area contributed by atoms with Crippen molar-refractivity contribution in [3.05, 3.63) is 29.3 Å². The molecule has 3 aromatic rings. The fraction of sp³-hybridized carbons (Fsp3) is 0.524. The summed E-state index contributed by atoms with van der Waals surface area (Å²) in [5.74, 6) is -0.341. The summed E-state index contributed by atoms with van der Waals surface area (Å²) in [5, 5.41) is 10.9. The number of carbonyl (C=O) groups excluding carboxylic acids is 1. The second-order valence-corrected chi connectivity index (χ2v) is 8.60. The van der Waals surface area contributed by atoms with Gasteiger partial charge in [-0.15, -0.1) is 10.2 Å². The van der Waals surface area contributed by atoms with Gasteiger partial charge in [0.2, 0.25) is 5.65 Å². The Morgan fingerprint density at radius 2 is 1.81 bits per heavy atom. The number of unbranched alkanes of at least 4 members (excludes halogenated alkanes) is 2. The van der Waals surface area contributed by atoms with Crippen molar-refractivity contribution in [1.29, 1.82) is 0 Å². The first-order valence-corrected chi connectivity index (χ1v) is 10.1. The van der Waals surface area contributed by atoms with Crippen LogP contribution < -0.4 is 5.32 Å². The smallest absolute Gasteiger partial charge is 0.367 e. The molecule has 10 heteroatoms. The van der Waals surface area contributed by atoms with Crippen LogP contribution in [0.25, 0.3) is 16.7 Å². The van der Waals surface area contributed by atoms with E-state index in [1.54, 1.807) is 6.92 Å². The summed E-state index contributed by atoms with van der Waals surface area (Å²) in [6.45, 7) is 7.67. The zero-order valence-corrected chi connectivity index (χ0v) is 17.9. The Hall–Kier alpha value is -2.78. The summed E-state index contributed by atoms with van der Waals surface area (Å²) in [4.78, 5) is 16.1. The molecule has 0 aliphatic rings. The Morgan fingerprint density at radius 3 is 2.45 bits per heavy atom.